The summed E-state index contributed by atoms with van der Waals surface area (Å²) in [5, 5.41) is 2.88. The summed E-state index contributed by atoms with van der Waals surface area (Å²) in [5.74, 6) is 0.0979. The van der Waals surface area contributed by atoms with Gasteiger partial charge in [0, 0.05) is 24.3 Å². The van der Waals surface area contributed by atoms with Crippen molar-refractivity contribution in [3.05, 3.63) is 29.8 Å². The van der Waals surface area contributed by atoms with Gasteiger partial charge in [-0.3, -0.25) is 4.79 Å². The van der Waals surface area contributed by atoms with Gasteiger partial charge in [-0.2, -0.15) is 0 Å². The van der Waals surface area contributed by atoms with Gasteiger partial charge in [0.1, 0.15) is 0 Å². The molecule has 0 spiro atoms. The zero-order chi connectivity index (χ0) is 14.0. The molecule has 1 saturated carbocycles. The van der Waals surface area contributed by atoms with Gasteiger partial charge in [-0.1, -0.05) is 37.5 Å². The van der Waals surface area contributed by atoms with Gasteiger partial charge in [-0.25, -0.2) is 0 Å². The molecule has 0 unspecified atom stereocenters. The lowest BCUT2D eigenvalue weighted by Crippen LogP contribution is -2.49. The minimum absolute atomic E-state index is 0.0979. The lowest BCUT2D eigenvalue weighted by molar-refractivity contribution is -0.120. The molecule has 108 valence electrons. The highest BCUT2D eigenvalue weighted by Crippen LogP contribution is 2.39. The number of hydrogen-bond acceptors (Lipinski definition) is 3. The molecule has 4 nitrogen and oxygen atoms in total. The summed E-state index contributed by atoms with van der Waals surface area (Å²) in [4.78, 5) is 13.8. The van der Waals surface area contributed by atoms with E-state index in [1.165, 1.54) is 24.8 Å². The van der Waals surface area contributed by atoms with Crippen LogP contribution in [0.3, 0.4) is 0 Å². The average molecular weight is 273 g/mol. The van der Waals surface area contributed by atoms with E-state index in [2.05, 4.69) is 28.4 Å². The maximum absolute atomic E-state index is 11.6. The molecule has 1 amide bonds. The number of nitrogens with two attached hydrogens (primary N) is 1. The second-order valence-electron chi connectivity index (χ2n) is 6.01. The number of piperazine rings is 1. The Hall–Kier alpha value is -1.55. The van der Waals surface area contributed by atoms with Gasteiger partial charge in [0.05, 0.1) is 6.54 Å². The number of nitrogens with one attached hydrogen (secondary N) is 1. The second kappa shape index (κ2) is 5.44. The third-order valence-electron chi connectivity index (χ3n) is 4.57. The van der Waals surface area contributed by atoms with E-state index in [-0.39, 0.29) is 11.4 Å². The summed E-state index contributed by atoms with van der Waals surface area (Å²) in [7, 11) is 0. The molecular weight excluding hydrogens is 250 g/mol. The highest BCUT2D eigenvalue weighted by molar-refractivity contribution is 5.83. The lowest BCUT2D eigenvalue weighted by atomic mass is 9.76. The lowest BCUT2D eigenvalue weighted by Gasteiger charge is -2.39. The third kappa shape index (κ3) is 2.52. The van der Waals surface area contributed by atoms with Crippen molar-refractivity contribution in [1.82, 2.24) is 5.32 Å². The number of anilines is 1. The average Bonchev–Trinajstić information content (AvgIpc) is 2.48. The van der Waals surface area contributed by atoms with Crippen LogP contribution in [-0.4, -0.2) is 25.5 Å². The molecule has 1 aromatic rings. The van der Waals surface area contributed by atoms with Gasteiger partial charge in [-0.05, 0) is 24.5 Å². The molecule has 1 aliphatic heterocycles. The number of hydrogen-bond donors (Lipinski definition) is 2. The van der Waals surface area contributed by atoms with Crippen LogP contribution in [0.25, 0.3) is 0 Å². The molecule has 1 aliphatic carbocycles. The molecule has 4 heteroatoms. The maximum Gasteiger partial charge on any atom is 0.239 e. The Balaban J connectivity index is 1.93. The van der Waals surface area contributed by atoms with E-state index in [9.17, 15) is 4.79 Å². The molecule has 0 atom stereocenters. The predicted molar refractivity (Wildman–Crippen MR) is 80.6 cm³/mol. The molecule has 1 heterocycles. The Labute approximate surface area is 120 Å². The smallest absolute Gasteiger partial charge is 0.239 e. The fourth-order valence-corrected chi connectivity index (χ4v) is 3.47. The molecule has 0 bridgehead atoms. The van der Waals surface area contributed by atoms with Crippen LogP contribution in [0.5, 0.6) is 0 Å². The van der Waals surface area contributed by atoms with Gasteiger partial charge in [0.25, 0.3) is 0 Å². The molecule has 0 radical (unpaired) electrons. The predicted octanol–water partition coefficient (Wildman–Crippen LogP) is 1.74. The molecule has 0 aromatic heterocycles. The Morgan fingerprint density at radius 2 is 1.90 bits per heavy atom. The summed E-state index contributed by atoms with van der Waals surface area (Å²) in [6.07, 6.45) is 5.78. The summed E-state index contributed by atoms with van der Waals surface area (Å²) >= 11 is 0. The van der Waals surface area contributed by atoms with Gasteiger partial charge in [-0.15, -0.1) is 0 Å². The molecular formula is C16H23N3O. The number of amides is 1. The van der Waals surface area contributed by atoms with Crippen LogP contribution in [0.4, 0.5) is 5.69 Å². The van der Waals surface area contributed by atoms with E-state index >= 15 is 0 Å². The van der Waals surface area contributed by atoms with Crippen molar-refractivity contribution in [2.24, 2.45) is 5.73 Å². The Morgan fingerprint density at radius 3 is 2.65 bits per heavy atom. The molecule has 3 rings (SSSR count). The van der Waals surface area contributed by atoms with Crippen LogP contribution in [-0.2, 0) is 10.3 Å². The van der Waals surface area contributed by atoms with Crippen molar-refractivity contribution in [3.63, 3.8) is 0 Å². The quantitative estimate of drug-likeness (QED) is 0.863. The van der Waals surface area contributed by atoms with Crippen LogP contribution in [0.15, 0.2) is 24.3 Å². The Kier molecular flexibility index (Phi) is 3.66. The van der Waals surface area contributed by atoms with Crippen LogP contribution in [0.1, 0.15) is 37.7 Å². The van der Waals surface area contributed by atoms with E-state index in [0.717, 1.165) is 25.1 Å². The van der Waals surface area contributed by atoms with Gasteiger partial charge >= 0.3 is 0 Å². The van der Waals surface area contributed by atoms with Crippen molar-refractivity contribution in [2.75, 3.05) is 24.5 Å². The maximum atomic E-state index is 11.6. The first-order valence-electron chi connectivity index (χ1n) is 7.59. The van der Waals surface area contributed by atoms with Crippen molar-refractivity contribution in [2.45, 2.75) is 37.6 Å². The molecule has 2 aliphatic rings. The van der Waals surface area contributed by atoms with E-state index in [4.69, 9.17) is 5.73 Å². The molecule has 20 heavy (non-hydrogen) atoms. The highest BCUT2D eigenvalue weighted by atomic mass is 16.2. The Bertz CT molecular complexity index is 494. The van der Waals surface area contributed by atoms with Crippen LogP contribution in [0.2, 0.25) is 0 Å². The van der Waals surface area contributed by atoms with Gasteiger partial charge < -0.3 is 16.0 Å². The fraction of sp³-hybridized carbons (Fsp3) is 0.562. The zero-order valence-electron chi connectivity index (χ0n) is 11.9. The first-order valence-corrected chi connectivity index (χ1v) is 7.59. The van der Waals surface area contributed by atoms with Crippen molar-refractivity contribution >= 4 is 11.6 Å². The summed E-state index contributed by atoms with van der Waals surface area (Å²) < 4.78 is 0. The number of carbonyl (C=O) groups excluding carboxylic acids is 1. The third-order valence-corrected chi connectivity index (χ3v) is 4.57. The standard InChI is InChI=1S/C16H23N3O/c17-16(8-4-1-5-9-16)13-6-2-3-7-14(13)19-11-10-18-15(20)12-19/h2-3,6-7H,1,4-5,8-12,17H2,(H,18,20). The van der Waals surface area contributed by atoms with E-state index in [0.29, 0.717) is 13.1 Å². The largest absolute Gasteiger partial charge is 0.360 e. The van der Waals surface area contributed by atoms with Gasteiger partial charge in [0.2, 0.25) is 5.91 Å². The summed E-state index contributed by atoms with van der Waals surface area (Å²) in [6, 6.07) is 8.36. The molecule has 2 fully saturated rings. The highest BCUT2D eigenvalue weighted by Gasteiger charge is 2.33. The SMILES string of the molecule is NC1(c2ccccc2N2CCNC(=O)C2)CCCCC1. The summed E-state index contributed by atoms with van der Waals surface area (Å²) in [5.41, 5.74) is 8.84. The van der Waals surface area contributed by atoms with Crippen LogP contribution < -0.4 is 16.0 Å². The number of para-hydroxylation sites is 1. The molecule has 1 saturated heterocycles. The second-order valence-corrected chi connectivity index (χ2v) is 6.01. The van der Waals surface area contributed by atoms with E-state index in [1.807, 2.05) is 6.07 Å². The van der Waals surface area contributed by atoms with Crippen LogP contribution >= 0.6 is 0 Å². The normalized spacial score (nSPS) is 22.4. The monoisotopic (exact) mass is 273 g/mol. The minimum atomic E-state index is -0.219. The Morgan fingerprint density at radius 1 is 1.15 bits per heavy atom. The molecule has 3 N–H and O–H groups in total. The van der Waals surface area contributed by atoms with Crippen molar-refractivity contribution in [3.8, 4) is 0 Å². The van der Waals surface area contributed by atoms with Crippen molar-refractivity contribution < 1.29 is 4.79 Å². The fourth-order valence-electron chi connectivity index (χ4n) is 3.47. The zero-order valence-corrected chi connectivity index (χ0v) is 11.9. The first kappa shape index (κ1) is 13.4. The first-order chi connectivity index (χ1) is 9.69. The minimum Gasteiger partial charge on any atom is -0.360 e. The number of rotatable bonds is 2. The van der Waals surface area contributed by atoms with Crippen molar-refractivity contribution in [1.29, 1.82) is 0 Å². The van der Waals surface area contributed by atoms with Crippen LogP contribution in [0, 0.1) is 0 Å². The van der Waals surface area contributed by atoms with E-state index in [1.54, 1.807) is 0 Å². The number of benzene rings is 1. The van der Waals surface area contributed by atoms with E-state index < -0.39 is 0 Å². The van der Waals surface area contributed by atoms with Gasteiger partial charge in [0.15, 0.2) is 0 Å². The number of nitrogens with zero attached hydrogens (tertiary/aromatic N) is 1. The number of carbonyl (C=O) groups is 1. The molecule has 1 aromatic carbocycles. The topological polar surface area (TPSA) is 58.4 Å². The summed E-state index contributed by atoms with van der Waals surface area (Å²) in [6.45, 7) is 2.01.